The Balaban J connectivity index is 1.82. The molecule has 0 bridgehead atoms. The van der Waals surface area contributed by atoms with Crippen molar-refractivity contribution >= 4 is 11.6 Å². The van der Waals surface area contributed by atoms with Crippen molar-refractivity contribution in [2.45, 2.75) is 20.3 Å². The van der Waals surface area contributed by atoms with E-state index in [0.717, 1.165) is 30.6 Å². The molecule has 1 fully saturated rings. The number of imidazole rings is 1. The van der Waals surface area contributed by atoms with Crippen molar-refractivity contribution in [1.29, 1.82) is 0 Å². The number of nitrogen functional groups attached to an aromatic ring is 1. The van der Waals surface area contributed by atoms with Crippen molar-refractivity contribution in [3.8, 4) is 0 Å². The van der Waals surface area contributed by atoms with Crippen LogP contribution in [0.15, 0.2) is 0 Å². The van der Waals surface area contributed by atoms with Gasteiger partial charge >= 0.3 is 0 Å². The Morgan fingerprint density at radius 1 is 1.62 bits per heavy atom. The second-order valence-corrected chi connectivity index (χ2v) is 4.51. The molecule has 1 unspecified atom stereocenters. The first kappa shape index (κ1) is 11.3. The molecule has 1 aromatic rings. The lowest BCUT2D eigenvalue weighted by molar-refractivity contribution is 0.345. The predicted octanol–water partition coefficient (Wildman–Crippen LogP) is 1.05. The summed E-state index contributed by atoms with van der Waals surface area (Å²) in [4.78, 5) is 9.78. The summed E-state index contributed by atoms with van der Waals surface area (Å²) in [5.74, 6) is 3.02. The number of aromatic amines is 1. The van der Waals surface area contributed by atoms with Gasteiger partial charge < -0.3 is 20.9 Å². The lowest BCUT2D eigenvalue weighted by Crippen LogP contribution is -2.22. The Hall–Kier alpha value is -1.23. The zero-order chi connectivity index (χ0) is 11.5. The molecule has 2 heterocycles. The first-order valence-electron chi connectivity index (χ1n) is 5.97. The molecule has 1 aromatic heterocycles. The summed E-state index contributed by atoms with van der Waals surface area (Å²) >= 11 is 0. The van der Waals surface area contributed by atoms with E-state index >= 15 is 0 Å². The topological polar surface area (TPSA) is 70.0 Å². The van der Waals surface area contributed by atoms with Gasteiger partial charge in [0.25, 0.3) is 0 Å². The number of hydrogen-bond donors (Lipinski definition) is 3. The molecule has 0 amide bonds. The molecule has 0 aromatic carbocycles. The summed E-state index contributed by atoms with van der Waals surface area (Å²) in [5.41, 5.74) is 5.79. The van der Waals surface area contributed by atoms with E-state index < -0.39 is 0 Å². The van der Waals surface area contributed by atoms with E-state index in [2.05, 4.69) is 27.1 Å². The van der Waals surface area contributed by atoms with Gasteiger partial charge in [-0.25, -0.2) is 4.98 Å². The highest BCUT2D eigenvalue weighted by atomic mass is 15.2. The number of aromatic nitrogens is 2. The van der Waals surface area contributed by atoms with Crippen molar-refractivity contribution in [1.82, 2.24) is 14.9 Å². The van der Waals surface area contributed by atoms with Crippen LogP contribution in [0.3, 0.4) is 0 Å². The van der Waals surface area contributed by atoms with E-state index in [1.165, 1.54) is 19.5 Å². The molecule has 0 saturated carbocycles. The van der Waals surface area contributed by atoms with Crippen LogP contribution in [-0.4, -0.2) is 41.0 Å². The van der Waals surface area contributed by atoms with E-state index in [0.29, 0.717) is 5.82 Å². The third-order valence-corrected chi connectivity index (χ3v) is 3.23. The molecule has 4 N–H and O–H groups in total. The number of hydrogen-bond acceptors (Lipinski definition) is 4. The maximum absolute atomic E-state index is 5.79. The maximum atomic E-state index is 5.79. The van der Waals surface area contributed by atoms with Crippen LogP contribution in [0.1, 0.15) is 19.2 Å². The fourth-order valence-electron chi connectivity index (χ4n) is 2.25. The highest BCUT2D eigenvalue weighted by molar-refractivity contribution is 5.56. The van der Waals surface area contributed by atoms with Crippen molar-refractivity contribution in [2.75, 3.05) is 37.2 Å². The smallest absolute Gasteiger partial charge is 0.168 e. The van der Waals surface area contributed by atoms with Gasteiger partial charge in [0.15, 0.2) is 5.82 Å². The molecule has 1 aliphatic heterocycles. The minimum Gasteiger partial charge on any atom is -0.382 e. The largest absolute Gasteiger partial charge is 0.382 e. The van der Waals surface area contributed by atoms with Crippen LogP contribution < -0.4 is 11.1 Å². The second-order valence-electron chi connectivity index (χ2n) is 4.51. The monoisotopic (exact) mass is 223 g/mol. The highest BCUT2D eigenvalue weighted by Crippen LogP contribution is 2.18. The third kappa shape index (κ3) is 2.47. The van der Waals surface area contributed by atoms with Gasteiger partial charge in [0.1, 0.15) is 11.6 Å². The molecular weight excluding hydrogens is 202 g/mol. The molecule has 5 nitrogen and oxygen atoms in total. The third-order valence-electron chi connectivity index (χ3n) is 3.23. The number of nitrogens with two attached hydrogens (primary N) is 1. The van der Waals surface area contributed by atoms with Gasteiger partial charge in [0.2, 0.25) is 0 Å². The van der Waals surface area contributed by atoms with Crippen molar-refractivity contribution in [2.24, 2.45) is 5.92 Å². The SMILES string of the molecule is CCN1CCC(CNc2nc(C)[nH]c2N)C1. The summed E-state index contributed by atoms with van der Waals surface area (Å²) < 4.78 is 0. The molecule has 2 rings (SSSR count). The van der Waals surface area contributed by atoms with E-state index in [1.54, 1.807) is 0 Å². The number of rotatable bonds is 4. The van der Waals surface area contributed by atoms with Gasteiger partial charge in [-0.2, -0.15) is 0 Å². The molecule has 16 heavy (non-hydrogen) atoms. The van der Waals surface area contributed by atoms with Crippen LogP contribution in [0.4, 0.5) is 11.6 Å². The predicted molar refractivity (Wildman–Crippen MR) is 66.4 cm³/mol. The van der Waals surface area contributed by atoms with Gasteiger partial charge in [0.05, 0.1) is 0 Å². The zero-order valence-corrected chi connectivity index (χ0v) is 10.1. The second kappa shape index (κ2) is 4.74. The van der Waals surface area contributed by atoms with Crippen LogP contribution >= 0.6 is 0 Å². The average molecular weight is 223 g/mol. The first-order chi connectivity index (χ1) is 7.69. The fourth-order valence-corrected chi connectivity index (χ4v) is 2.25. The molecule has 5 heteroatoms. The molecule has 1 atom stereocenters. The van der Waals surface area contributed by atoms with Crippen LogP contribution in [0.25, 0.3) is 0 Å². The highest BCUT2D eigenvalue weighted by Gasteiger charge is 2.21. The number of anilines is 2. The van der Waals surface area contributed by atoms with Gasteiger partial charge in [-0.3, -0.25) is 0 Å². The van der Waals surface area contributed by atoms with Crippen LogP contribution in [0.5, 0.6) is 0 Å². The number of likely N-dealkylation sites (tertiary alicyclic amines) is 1. The number of H-pyrrole nitrogens is 1. The minimum atomic E-state index is 0.642. The van der Waals surface area contributed by atoms with E-state index in [-0.39, 0.29) is 0 Å². The Morgan fingerprint density at radius 2 is 2.44 bits per heavy atom. The minimum absolute atomic E-state index is 0.642. The number of nitrogens with one attached hydrogen (secondary N) is 2. The molecule has 90 valence electrons. The van der Waals surface area contributed by atoms with E-state index in [1.807, 2.05) is 6.92 Å². The Labute approximate surface area is 96.4 Å². The summed E-state index contributed by atoms with van der Waals surface area (Å²) in [6.45, 7) is 8.65. The van der Waals surface area contributed by atoms with Crippen molar-refractivity contribution in [3.05, 3.63) is 5.82 Å². The summed E-state index contributed by atoms with van der Waals surface area (Å²) in [6.07, 6.45) is 1.27. The fraction of sp³-hybridized carbons (Fsp3) is 0.727. The Morgan fingerprint density at radius 3 is 3.00 bits per heavy atom. The summed E-state index contributed by atoms with van der Waals surface area (Å²) in [7, 11) is 0. The van der Waals surface area contributed by atoms with Crippen LogP contribution in [-0.2, 0) is 0 Å². The summed E-state index contributed by atoms with van der Waals surface area (Å²) in [6, 6.07) is 0. The first-order valence-corrected chi connectivity index (χ1v) is 5.97. The quantitative estimate of drug-likeness (QED) is 0.713. The van der Waals surface area contributed by atoms with E-state index in [4.69, 9.17) is 5.73 Å². The van der Waals surface area contributed by atoms with Gasteiger partial charge in [-0.15, -0.1) is 0 Å². The van der Waals surface area contributed by atoms with E-state index in [9.17, 15) is 0 Å². The van der Waals surface area contributed by atoms with Crippen LogP contribution in [0.2, 0.25) is 0 Å². The normalized spacial score (nSPS) is 21.5. The lowest BCUT2D eigenvalue weighted by atomic mass is 10.1. The standard InChI is InChI=1S/C11H21N5/c1-3-16-5-4-9(7-16)6-13-11-10(12)14-8(2)15-11/h9,13H,3-7,12H2,1-2H3,(H,14,15). The maximum Gasteiger partial charge on any atom is 0.168 e. The van der Waals surface area contributed by atoms with Crippen molar-refractivity contribution < 1.29 is 0 Å². The molecule has 0 spiro atoms. The lowest BCUT2D eigenvalue weighted by Gasteiger charge is -2.13. The Kier molecular flexibility index (Phi) is 3.33. The molecule has 1 saturated heterocycles. The average Bonchev–Trinajstić information content (AvgIpc) is 2.82. The molecule has 1 aliphatic rings. The van der Waals surface area contributed by atoms with Gasteiger partial charge in [-0.05, 0) is 32.4 Å². The zero-order valence-electron chi connectivity index (χ0n) is 10.1. The van der Waals surface area contributed by atoms with Gasteiger partial charge in [-0.1, -0.05) is 6.92 Å². The molecule has 0 radical (unpaired) electrons. The Bertz CT molecular complexity index is 346. The van der Waals surface area contributed by atoms with Crippen LogP contribution in [0, 0.1) is 12.8 Å². The number of nitrogens with zero attached hydrogens (tertiary/aromatic N) is 2. The summed E-state index contributed by atoms with van der Waals surface area (Å²) in [5, 5.41) is 3.33. The molecule has 0 aliphatic carbocycles. The van der Waals surface area contributed by atoms with Crippen molar-refractivity contribution in [3.63, 3.8) is 0 Å². The number of aryl methyl sites for hydroxylation is 1. The van der Waals surface area contributed by atoms with Gasteiger partial charge in [0, 0.05) is 13.1 Å². The molecular formula is C11H21N5.